The number of carbonyl (C=O) groups excluding carboxylic acids is 1. The van der Waals surface area contributed by atoms with Crippen LogP contribution in [0.3, 0.4) is 0 Å². The van der Waals surface area contributed by atoms with Crippen LogP contribution in [0.2, 0.25) is 0 Å². The summed E-state index contributed by atoms with van der Waals surface area (Å²) in [6.45, 7) is 7.37. The van der Waals surface area contributed by atoms with Gasteiger partial charge in [-0.2, -0.15) is 0 Å². The molecule has 0 aliphatic carbocycles. The first-order valence-corrected chi connectivity index (χ1v) is 10.4. The predicted octanol–water partition coefficient (Wildman–Crippen LogP) is 4.29. The normalized spacial score (nSPS) is 11.0. The molecule has 156 valence electrons. The van der Waals surface area contributed by atoms with Crippen molar-refractivity contribution in [2.75, 3.05) is 0 Å². The van der Waals surface area contributed by atoms with Crippen LogP contribution in [-0.4, -0.2) is 10.5 Å². The van der Waals surface area contributed by atoms with Gasteiger partial charge >= 0.3 is 0 Å². The Labute approximate surface area is 182 Å². The van der Waals surface area contributed by atoms with Crippen molar-refractivity contribution in [3.05, 3.63) is 113 Å². The lowest BCUT2D eigenvalue weighted by Crippen LogP contribution is -2.28. The predicted molar refractivity (Wildman–Crippen MR) is 124 cm³/mol. The number of hydrogen-bond donors (Lipinski definition) is 1. The average Bonchev–Trinajstić information content (AvgIpc) is 3.07. The molecule has 0 saturated carbocycles. The Hall–Kier alpha value is -3.63. The number of carbonyl (C=O) groups is 1. The maximum atomic E-state index is 12.2. The van der Waals surface area contributed by atoms with Crippen LogP contribution in [0.25, 0.3) is 17.0 Å². The van der Waals surface area contributed by atoms with Gasteiger partial charge in [0.1, 0.15) is 0 Å². The van der Waals surface area contributed by atoms with E-state index < -0.39 is 5.97 Å². The van der Waals surface area contributed by atoms with Crippen molar-refractivity contribution in [1.29, 1.82) is 0 Å². The molecular weight excluding hydrogens is 384 g/mol. The smallest absolute Gasteiger partial charge is 0.0884 e. The van der Waals surface area contributed by atoms with E-state index in [1.165, 1.54) is 0 Å². The molecule has 4 aromatic rings. The van der Waals surface area contributed by atoms with Crippen LogP contribution < -0.4 is 10.4 Å². The van der Waals surface area contributed by atoms with Crippen LogP contribution in [0.1, 0.15) is 38.3 Å². The zero-order valence-corrected chi connectivity index (χ0v) is 17.6. The van der Waals surface area contributed by atoms with E-state index in [4.69, 9.17) is 0 Å². The molecule has 0 amide bonds. The summed E-state index contributed by atoms with van der Waals surface area (Å²) < 4.78 is 1.86. The third kappa shape index (κ3) is 4.44. The standard InChI is InChI=1S/C27H26N2O2/c1-3-20-10-12-22(13-11-20)18-29-25-15-19(2)9-14-23(25)24(26(29)27(30)31)17-28-16-21-7-5-4-6-8-21/h3-15,28H,1,16-18H2,2H3,(H,30,31)/p-1. The molecule has 4 rings (SSSR count). The Kier molecular flexibility index (Phi) is 6.01. The first-order chi connectivity index (χ1) is 15.1. The van der Waals surface area contributed by atoms with E-state index >= 15 is 0 Å². The average molecular weight is 410 g/mol. The molecule has 0 aliphatic rings. The van der Waals surface area contributed by atoms with Crippen LogP contribution in [0, 0.1) is 6.92 Å². The fourth-order valence-electron chi connectivity index (χ4n) is 3.98. The lowest BCUT2D eigenvalue weighted by molar-refractivity contribution is -0.255. The summed E-state index contributed by atoms with van der Waals surface area (Å²) in [5, 5.41) is 16.6. The number of aromatic carboxylic acids is 1. The number of fused-ring (bicyclic) bond motifs is 1. The van der Waals surface area contributed by atoms with Gasteiger partial charge in [0.05, 0.1) is 11.7 Å². The van der Waals surface area contributed by atoms with Crippen molar-refractivity contribution in [3.8, 4) is 0 Å². The van der Waals surface area contributed by atoms with Crippen LogP contribution in [0.5, 0.6) is 0 Å². The SMILES string of the molecule is C=Cc1ccc(Cn2c(C(=O)[O-])c(CNCc3ccccc3)c3ccc(C)cc32)cc1. The minimum atomic E-state index is -1.16. The maximum absolute atomic E-state index is 12.2. The van der Waals surface area contributed by atoms with Gasteiger partial charge in [0, 0.05) is 36.1 Å². The number of nitrogens with one attached hydrogen (secondary N) is 1. The van der Waals surface area contributed by atoms with Gasteiger partial charge in [-0.05, 0) is 35.2 Å². The highest BCUT2D eigenvalue weighted by atomic mass is 16.4. The zero-order chi connectivity index (χ0) is 21.8. The minimum Gasteiger partial charge on any atom is -0.543 e. The monoisotopic (exact) mass is 409 g/mol. The van der Waals surface area contributed by atoms with Crippen LogP contribution in [0.15, 0.2) is 79.4 Å². The van der Waals surface area contributed by atoms with E-state index in [1.807, 2.05) is 84.3 Å². The van der Waals surface area contributed by atoms with Crippen LogP contribution >= 0.6 is 0 Å². The Morgan fingerprint density at radius 3 is 2.42 bits per heavy atom. The summed E-state index contributed by atoms with van der Waals surface area (Å²) in [7, 11) is 0. The van der Waals surface area contributed by atoms with Crippen LogP contribution in [0.4, 0.5) is 0 Å². The van der Waals surface area contributed by atoms with Crippen molar-refractivity contribution < 1.29 is 9.90 Å². The third-order valence-electron chi connectivity index (χ3n) is 5.55. The number of benzene rings is 3. The summed E-state index contributed by atoms with van der Waals surface area (Å²) in [6.07, 6.45) is 1.79. The Bertz CT molecular complexity index is 1220. The Balaban J connectivity index is 1.73. The van der Waals surface area contributed by atoms with Gasteiger partial charge in [0.2, 0.25) is 0 Å². The summed E-state index contributed by atoms with van der Waals surface area (Å²) >= 11 is 0. The molecular formula is C27H25N2O2-. The highest BCUT2D eigenvalue weighted by Crippen LogP contribution is 2.28. The molecule has 0 unspecified atom stereocenters. The van der Waals surface area contributed by atoms with Crippen molar-refractivity contribution in [2.24, 2.45) is 0 Å². The van der Waals surface area contributed by atoms with Crippen molar-refractivity contribution in [1.82, 2.24) is 9.88 Å². The largest absolute Gasteiger partial charge is 0.543 e. The van der Waals surface area contributed by atoms with E-state index in [0.29, 0.717) is 19.6 Å². The number of carboxylic acid groups (broad SMARTS) is 1. The number of rotatable bonds is 8. The van der Waals surface area contributed by atoms with Gasteiger partial charge < -0.3 is 19.8 Å². The number of aryl methyl sites for hydroxylation is 1. The topological polar surface area (TPSA) is 57.1 Å². The molecule has 0 saturated heterocycles. The van der Waals surface area contributed by atoms with Gasteiger partial charge in [-0.25, -0.2) is 0 Å². The first-order valence-electron chi connectivity index (χ1n) is 10.4. The summed E-state index contributed by atoms with van der Waals surface area (Å²) in [4.78, 5) is 12.2. The molecule has 0 atom stereocenters. The molecule has 4 nitrogen and oxygen atoms in total. The zero-order valence-electron chi connectivity index (χ0n) is 17.6. The molecule has 1 N–H and O–H groups in total. The van der Waals surface area contributed by atoms with E-state index in [1.54, 1.807) is 6.08 Å². The first kappa shape index (κ1) is 20.6. The molecule has 1 heterocycles. The lowest BCUT2D eigenvalue weighted by atomic mass is 10.1. The molecule has 1 aromatic heterocycles. The number of hydrogen-bond acceptors (Lipinski definition) is 3. The molecule has 0 aliphatic heterocycles. The van der Waals surface area contributed by atoms with Crippen molar-refractivity contribution in [3.63, 3.8) is 0 Å². The lowest BCUT2D eigenvalue weighted by Gasteiger charge is -2.14. The second-order valence-corrected chi connectivity index (χ2v) is 7.76. The van der Waals surface area contributed by atoms with E-state index in [0.717, 1.165) is 38.7 Å². The molecule has 31 heavy (non-hydrogen) atoms. The highest BCUT2D eigenvalue weighted by Gasteiger charge is 2.18. The van der Waals surface area contributed by atoms with Gasteiger partial charge in [-0.15, -0.1) is 0 Å². The second-order valence-electron chi connectivity index (χ2n) is 7.76. The summed E-state index contributed by atoms with van der Waals surface area (Å²) in [5.41, 5.74) is 6.19. The molecule has 0 spiro atoms. The maximum Gasteiger partial charge on any atom is 0.0884 e. The van der Waals surface area contributed by atoms with E-state index in [2.05, 4.69) is 11.9 Å². The van der Waals surface area contributed by atoms with E-state index in [9.17, 15) is 9.90 Å². The van der Waals surface area contributed by atoms with E-state index in [-0.39, 0.29) is 5.69 Å². The van der Waals surface area contributed by atoms with Gasteiger partial charge in [-0.1, -0.05) is 79.4 Å². The number of nitrogens with zero attached hydrogens (tertiary/aromatic N) is 1. The van der Waals surface area contributed by atoms with Gasteiger partial charge in [0.15, 0.2) is 0 Å². The molecule has 4 heteroatoms. The molecule has 0 radical (unpaired) electrons. The fourth-order valence-corrected chi connectivity index (χ4v) is 3.98. The molecule has 0 bridgehead atoms. The number of carboxylic acids is 1. The Morgan fingerprint density at radius 1 is 1.00 bits per heavy atom. The fraction of sp³-hybridized carbons (Fsp3) is 0.148. The quantitative estimate of drug-likeness (QED) is 0.472. The van der Waals surface area contributed by atoms with Crippen LogP contribution in [-0.2, 0) is 19.6 Å². The number of aromatic nitrogens is 1. The van der Waals surface area contributed by atoms with Gasteiger partial charge in [0.25, 0.3) is 0 Å². The minimum absolute atomic E-state index is 0.231. The summed E-state index contributed by atoms with van der Waals surface area (Å²) in [5.74, 6) is -1.16. The molecule has 0 fully saturated rings. The second kappa shape index (κ2) is 9.02. The van der Waals surface area contributed by atoms with Crippen molar-refractivity contribution in [2.45, 2.75) is 26.6 Å². The summed E-state index contributed by atoms with van der Waals surface area (Å²) in [6, 6.07) is 24.1. The van der Waals surface area contributed by atoms with Gasteiger partial charge in [-0.3, -0.25) is 0 Å². The highest BCUT2D eigenvalue weighted by molar-refractivity contribution is 5.97. The van der Waals surface area contributed by atoms with Crippen molar-refractivity contribution >= 4 is 22.9 Å². The third-order valence-corrected chi connectivity index (χ3v) is 5.55. The molecule has 3 aromatic carbocycles. The Morgan fingerprint density at radius 2 is 1.74 bits per heavy atom.